The molecule has 2 aliphatic rings. The van der Waals surface area contributed by atoms with Crippen LogP contribution in [-0.2, 0) is 27.5 Å². The maximum absolute atomic E-state index is 13.7. The molecule has 0 fully saturated rings. The van der Waals surface area contributed by atoms with E-state index >= 15 is 0 Å². The smallest absolute Gasteiger partial charge is 0.338 e. The van der Waals surface area contributed by atoms with Gasteiger partial charge in [-0.1, -0.05) is 96.2 Å². The van der Waals surface area contributed by atoms with Crippen LogP contribution in [-0.4, -0.2) is 33.9 Å². The summed E-state index contributed by atoms with van der Waals surface area (Å²) in [6, 6.07) is 25.4. The molecule has 0 unspecified atom stereocenters. The quantitative estimate of drug-likeness (QED) is 0.293. The number of hydrogen-bond acceptors (Lipinski definition) is 6. The predicted octanol–water partition coefficient (Wildman–Crippen LogP) is 6.67. The third-order valence-corrected chi connectivity index (χ3v) is 8.06. The highest BCUT2D eigenvalue weighted by atomic mass is 32.2. The monoisotopic (exact) mass is 551 g/mol. The number of thioether (sulfide) groups is 1. The third-order valence-electron chi connectivity index (χ3n) is 7.17. The third kappa shape index (κ3) is 5.89. The molecule has 0 spiro atoms. The summed E-state index contributed by atoms with van der Waals surface area (Å²) in [6.45, 7) is 6.67. The van der Waals surface area contributed by atoms with E-state index in [2.05, 4.69) is 32.0 Å². The summed E-state index contributed by atoms with van der Waals surface area (Å²) < 4.78 is 5.83. The van der Waals surface area contributed by atoms with E-state index in [-0.39, 0.29) is 18.9 Å². The first-order valence-corrected chi connectivity index (χ1v) is 14.2. The van der Waals surface area contributed by atoms with E-state index in [4.69, 9.17) is 9.73 Å². The summed E-state index contributed by atoms with van der Waals surface area (Å²) in [5.41, 5.74) is 7.13. The normalized spacial score (nSPS) is 16.3. The second-order valence-corrected chi connectivity index (χ2v) is 11.1. The number of hydrogen-bond donors (Lipinski definition) is 0. The minimum Gasteiger partial charge on any atom is -0.457 e. The maximum atomic E-state index is 13.7. The molecule has 0 aliphatic carbocycles. The van der Waals surface area contributed by atoms with Gasteiger partial charge in [-0.25, -0.2) is 9.79 Å². The number of amidine groups is 1. The van der Waals surface area contributed by atoms with Gasteiger partial charge in [0, 0.05) is 19.3 Å². The Morgan fingerprint density at radius 3 is 2.30 bits per heavy atom. The van der Waals surface area contributed by atoms with Crippen LogP contribution in [0.4, 0.5) is 0 Å². The molecule has 204 valence electrons. The summed E-state index contributed by atoms with van der Waals surface area (Å²) in [4.78, 5) is 35.7. The van der Waals surface area contributed by atoms with Gasteiger partial charge >= 0.3 is 5.97 Å². The predicted molar refractivity (Wildman–Crippen MR) is 160 cm³/mol. The van der Waals surface area contributed by atoms with Crippen molar-refractivity contribution in [3.8, 4) is 0 Å². The molecule has 40 heavy (non-hydrogen) atoms. The van der Waals surface area contributed by atoms with Crippen LogP contribution in [0.25, 0.3) is 0 Å². The minimum absolute atomic E-state index is 0.00388. The molecule has 5 rings (SSSR count). The van der Waals surface area contributed by atoms with Crippen molar-refractivity contribution in [3.05, 3.63) is 129 Å². The van der Waals surface area contributed by atoms with E-state index in [1.54, 1.807) is 4.90 Å². The van der Waals surface area contributed by atoms with Crippen LogP contribution in [0.1, 0.15) is 47.2 Å². The Morgan fingerprint density at radius 1 is 0.950 bits per heavy atom. The van der Waals surface area contributed by atoms with E-state index in [0.29, 0.717) is 17.8 Å². The summed E-state index contributed by atoms with van der Waals surface area (Å²) in [7, 11) is 1.82. The topological polar surface area (TPSA) is 62.2 Å². The van der Waals surface area contributed by atoms with E-state index in [1.807, 2.05) is 84.9 Å². The standard InChI is InChI=1S/C33H33N3O3S/c1-22-15-16-28(23(2)17-22)31-30(32(38)39-20-26-13-9-6-10-14-26)24(3)34-33-36(31)27(21-40-33)18-29(37)35(4)19-25-11-7-5-8-12-25/h5-17,21,31H,18-20H2,1-4H3/t31-/m1/s1. The molecule has 0 bridgehead atoms. The Balaban J connectivity index is 1.44. The number of aryl methyl sites for hydroxylation is 2. The molecule has 2 aliphatic heterocycles. The lowest BCUT2D eigenvalue weighted by Crippen LogP contribution is -2.38. The van der Waals surface area contributed by atoms with Crippen LogP contribution in [0.3, 0.4) is 0 Å². The lowest BCUT2D eigenvalue weighted by Gasteiger charge is -2.37. The number of carbonyl (C=O) groups is 2. The number of esters is 1. The molecule has 3 aromatic carbocycles. The highest BCUT2D eigenvalue weighted by molar-refractivity contribution is 8.16. The van der Waals surface area contributed by atoms with Crippen molar-refractivity contribution in [2.24, 2.45) is 4.99 Å². The fourth-order valence-corrected chi connectivity index (χ4v) is 6.06. The van der Waals surface area contributed by atoms with Gasteiger partial charge in [-0.05, 0) is 48.4 Å². The van der Waals surface area contributed by atoms with Crippen LogP contribution < -0.4 is 0 Å². The number of nitrogens with zero attached hydrogens (tertiary/aromatic N) is 3. The fourth-order valence-electron chi connectivity index (χ4n) is 5.09. The van der Waals surface area contributed by atoms with Crippen molar-refractivity contribution >= 4 is 28.8 Å². The van der Waals surface area contributed by atoms with E-state index < -0.39 is 12.0 Å². The number of ether oxygens (including phenoxy) is 1. The molecule has 0 N–H and O–H groups in total. The number of benzene rings is 3. The SMILES string of the molecule is CC1=C(C(=O)OCc2ccccc2)[C@@H](c2ccc(C)cc2C)N2C(CC(=O)N(C)Cc3ccccc3)=CSC2=N1. The first-order valence-electron chi connectivity index (χ1n) is 13.3. The Hall–Kier alpha value is -4.10. The summed E-state index contributed by atoms with van der Waals surface area (Å²) in [5, 5.41) is 2.74. The zero-order chi connectivity index (χ0) is 28.2. The van der Waals surface area contributed by atoms with Gasteiger partial charge in [0.25, 0.3) is 0 Å². The Morgan fingerprint density at radius 2 is 1.62 bits per heavy atom. The number of rotatable bonds is 8. The average molecular weight is 552 g/mol. The lowest BCUT2D eigenvalue weighted by atomic mass is 9.90. The van der Waals surface area contributed by atoms with Gasteiger partial charge in [0.2, 0.25) is 5.91 Å². The number of aliphatic imine (C=N–C) groups is 1. The lowest BCUT2D eigenvalue weighted by molar-refractivity contribution is -0.141. The van der Waals surface area contributed by atoms with E-state index in [1.165, 1.54) is 11.8 Å². The molecular formula is C33H33N3O3S. The van der Waals surface area contributed by atoms with E-state index in [0.717, 1.165) is 38.7 Å². The van der Waals surface area contributed by atoms with E-state index in [9.17, 15) is 9.59 Å². The Labute approximate surface area is 240 Å². The van der Waals surface area contributed by atoms with Crippen molar-refractivity contribution in [3.63, 3.8) is 0 Å². The highest BCUT2D eigenvalue weighted by Crippen LogP contribution is 2.45. The van der Waals surface area contributed by atoms with Crippen molar-refractivity contribution in [1.82, 2.24) is 9.80 Å². The van der Waals surface area contributed by atoms with Crippen LogP contribution in [0.5, 0.6) is 0 Å². The molecular weight excluding hydrogens is 518 g/mol. The molecule has 0 radical (unpaired) electrons. The van der Waals surface area contributed by atoms with Gasteiger partial charge in [0.1, 0.15) is 6.61 Å². The number of allylic oxidation sites excluding steroid dienone is 1. The molecule has 0 saturated carbocycles. The number of fused-ring (bicyclic) bond motifs is 1. The van der Waals surface area contributed by atoms with Crippen molar-refractivity contribution in [2.75, 3.05) is 7.05 Å². The summed E-state index contributed by atoms with van der Waals surface area (Å²) in [6.07, 6.45) is 0.197. The largest absolute Gasteiger partial charge is 0.457 e. The first kappa shape index (κ1) is 27.5. The molecule has 0 saturated heterocycles. The number of amides is 1. The summed E-state index contributed by atoms with van der Waals surface area (Å²) >= 11 is 1.48. The zero-order valence-corrected chi connectivity index (χ0v) is 24.1. The number of carbonyl (C=O) groups excluding carboxylic acids is 2. The van der Waals surface area contributed by atoms with Gasteiger partial charge in [-0.3, -0.25) is 4.79 Å². The van der Waals surface area contributed by atoms with Crippen LogP contribution >= 0.6 is 11.8 Å². The van der Waals surface area contributed by atoms with Crippen LogP contribution in [0.15, 0.2) is 106 Å². The van der Waals surface area contributed by atoms with Gasteiger partial charge in [0.15, 0.2) is 5.17 Å². The molecule has 1 amide bonds. The minimum atomic E-state index is -0.454. The second kappa shape index (κ2) is 12.0. The van der Waals surface area contributed by atoms with Crippen LogP contribution in [0.2, 0.25) is 0 Å². The Kier molecular flexibility index (Phi) is 8.21. The molecule has 2 heterocycles. The average Bonchev–Trinajstić information content (AvgIpc) is 3.34. The van der Waals surface area contributed by atoms with Gasteiger partial charge in [-0.2, -0.15) is 0 Å². The summed E-state index contributed by atoms with van der Waals surface area (Å²) in [5.74, 6) is -0.409. The maximum Gasteiger partial charge on any atom is 0.338 e. The molecule has 6 nitrogen and oxygen atoms in total. The molecule has 7 heteroatoms. The van der Waals surface area contributed by atoms with Crippen LogP contribution in [0, 0.1) is 13.8 Å². The van der Waals surface area contributed by atoms with Crippen molar-refractivity contribution in [1.29, 1.82) is 0 Å². The van der Waals surface area contributed by atoms with Gasteiger partial charge in [-0.15, -0.1) is 0 Å². The second-order valence-electron chi connectivity index (χ2n) is 10.2. The zero-order valence-electron chi connectivity index (χ0n) is 23.3. The first-order chi connectivity index (χ1) is 19.3. The highest BCUT2D eigenvalue weighted by Gasteiger charge is 2.41. The fraction of sp³-hybridized carbons (Fsp3) is 0.242. The molecule has 3 aromatic rings. The Bertz CT molecular complexity index is 1510. The molecule has 0 aromatic heterocycles. The van der Waals surface area contributed by atoms with Gasteiger partial charge < -0.3 is 14.5 Å². The molecule has 1 atom stereocenters. The van der Waals surface area contributed by atoms with Gasteiger partial charge in [0.05, 0.1) is 23.7 Å². The van der Waals surface area contributed by atoms with Crippen molar-refractivity contribution < 1.29 is 14.3 Å². The van der Waals surface area contributed by atoms with Crippen molar-refractivity contribution in [2.45, 2.75) is 46.4 Å².